The lowest BCUT2D eigenvalue weighted by molar-refractivity contribution is -0.935. The zero-order chi connectivity index (χ0) is 62.2. The molecule has 8 N–H and O–H groups in total. The normalized spacial score (nSPS) is 16.6. The molecule has 1 aliphatic carbocycles. The first-order chi connectivity index (χ1) is 42.0. The lowest BCUT2D eigenvalue weighted by Crippen LogP contribution is -3.18. The Labute approximate surface area is 525 Å². The summed E-state index contributed by atoms with van der Waals surface area (Å²) in [5.74, 6) is 5.41. The highest BCUT2D eigenvalue weighted by atomic mass is 16.5. The van der Waals surface area contributed by atoms with Crippen molar-refractivity contribution in [2.75, 3.05) is 78.9 Å². The van der Waals surface area contributed by atoms with Gasteiger partial charge in [-0.05, 0) is 125 Å². The van der Waals surface area contributed by atoms with Crippen LogP contribution in [-0.2, 0) is 67.0 Å². The Morgan fingerprint density at radius 3 is 0.830 bits per heavy atom. The molecule has 10 rings (SSSR count). The van der Waals surface area contributed by atoms with Crippen LogP contribution in [0.5, 0.6) is 40.2 Å². The Morgan fingerprint density at radius 1 is 0.318 bits per heavy atom. The number of hydrogen-bond donors (Lipinski definition) is 5. The number of benzene rings is 7. The van der Waals surface area contributed by atoms with Crippen LogP contribution in [-0.4, -0.2) is 84.0 Å². The molecule has 0 aromatic heterocycles. The standard InChI is InChI=1S/C77H98N4O7/c1-74(2,3)63-41-55-37-57-43-64(75(4,5)6)45-59-39-61-47-66(77(10,11)12)48-62-40-60-46-65(76(7,8)9)44-58(38-56(42-63)70(55)82)72(60)87-35-32-84-68-23-17-14-20-53(68)50-79-26-29-81(28-25-78-49-52-19-13-16-22-67(52)83-31-34-86-71(57)59)30-27-80-51-54-21-15-18-24-69(54)85-33-36-88-73(61)62/h13-24,41-48,78-80,82H,25-40,49-51H2,1-12H3/p+4. The number of nitrogens with two attached hydrogens (primary N) is 3. The van der Waals surface area contributed by atoms with Gasteiger partial charge in [0.15, 0.2) is 0 Å². The highest BCUT2D eigenvalue weighted by Crippen LogP contribution is 2.44. The minimum atomic E-state index is -0.228. The number of phenols is 1. The van der Waals surface area contributed by atoms with E-state index in [9.17, 15) is 5.11 Å². The van der Waals surface area contributed by atoms with Crippen LogP contribution in [0.4, 0.5) is 0 Å². The van der Waals surface area contributed by atoms with Crippen molar-refractivity contribution in [1.82, 2.24) is 0 Å². The van der Waals surface area contributed by atoms with Crippen molar-refractivity contribution in [1.29, 1.82) is 0 Å². The van der Waals surface area contributed by atoms with Gasteiger partial charge in [0.2, 0.25) is 0 Å². The first-order valence-corrected chi connectivity index (χ1v) is 32.7. The molecule has 0 radical (unpaired) electrons. The van der Waals surface area contributed by atoms with E-state index in [1.165, 1.54) is 33.4 Å². The molecule has 88 heavy (non-hydrogen) atoms. The zero-order valence-corrected chi connectivity index (χ0v) is 55.1. The third kappa shape index (κ3) is 16.2. The van der Waals surface area contributed by atoms with Gasteiger partial charge in [0.1, 0.15) is 139 Å². The summed E-state index contributed by atoms with van der Waals surface area (Å²) in [6, 6.07) is 44.0. The van der Waals surface area contributed by atoms with Gasteiger partial charge in [-0.25, -0.2) is 0 Å². The van der Waals surface area contributed by atoms with Gasteiger partial charge in [-0.3, -0.25) is 0 Å². The van der Waals surface area contributed by atoms with E-state index in [0.29, 0.717) is 71.1 Å². The van der Waals surface area contributed by atoms with E-state index in [4.69, 9.17) is 28.4 Å². The van der Waals surface area contributed by atoms with Crippen molar-refractivity contribution in [3.8, 4) is 40.2 Å². The van der Waals surface area contributed by atoms with Crippen molar-refractivity contribution < 1.29 is 54.4 Å². The molecule has 7 aromatic rings. The van der Waals surface area contributed by atoms with Crippen LogP contribution in [0.15, 0.2) is 121 Å². The highest BCUT2D eigenvalue weighted by Gasteiger charge is 2.30. The fraction of sp³-hybridized carbons (Fsp3) is 0.455. The maximum atomic E-state index is 13.1. The zero-order valence-electron chi connectivity index (χ0n) is 55.1. The van der Waals surface area contributed by atoms with Crippen LogP contribution in [0.2, 0.25) is 0 Å². The molecule has 0 atom stereocenters. The number of para-hydroxylation sites is 3. The van der Waals surface area contributed by atoms with Crippen molar-refractivity contribution >= 4 is 0 Å². The van der Waals surface area contributed by atoms with Crippen LogP contribution in [0.1, 0.15) is 167 Å². The van der Waals surface area contributed by atoms with E-state index in [0.717, 1.165) is 143 Å². The van der Waals surface area contributed by atoms with E-state index < -0.39 is 0 Å². The van der Waals surface area contributed by atoms with Crippen LogP contribution in [0.3, 0.4) is 0 Å². The average molecular weight is 1200 g/mol. The van der Waals surface area contributed by atoms with Gasteiger partial charge in [-0.1, -0.05) is 168 Å². The Balaban J connectivity index is 1.22. The average Bonchev–Trinajstić information content (AvgIpc) is 1.31. The number of hydrogen-bond acceptors (Lipinski definition) is 7. The maximum Gasteiger partial charge on any atom is 0.128 e. The van der Waals surface area contributed by atoms with E-state index in [1.54, 1.807) is 4.90 Å². The summed E-state index contributed by atoms with van der Waals surface area (Å²) in [6.07, 6.45) is 1.91. The fourth-order valence-corrected chi connectivity index (χ4v) is 12.6. The first kappa shape index (κ1) is 64.0. The summed E-state index contributed by atoms with van der Waals surface area (Å²) in [5.41, 5.74) is 15.4. The molecule has 11 heteroatoms. The summed E-state index contributed by atoms with van der Waals surface area (Å²) in [5, 5.41) is 20.4. The topological polar surface area (TPSA) is 130 Å². The molecule has 12 bridgehead atoms. The van der Waals surface area contributed by atoms with Crippen LogP contribution in [0.25, 0.3) is 0 Å². The molecule has 2 heterocycles. The molecule has 3 aliphatic rings. The second-order valence-electron chi connectivity index (χ2n) is 29.0. The van der Waals surface area contributed by atoms with E-state index >= 15 is 0 Å². The fourth-order valence-electron chi connectivity index (χ4n) is 12.6. The number of fused-ring (bicyclic) bond motifs is 11. The Morgan fingerprint density at radius 2 is 0.557 bits per heavy atom. The van der Waals surface area contributed by atoms with Gasteiger partial charge in [0, 0.05) is 42.4 Å². The van der Waals surface area contributed by atoms with Crippen LogP contribution >= 0.6 is 0 Å². The van der Waals surface area contributed by atoms with Gasteiger partial charge in [-0.15, -0.1) is 0 Å². The Hall–Kier alpha value is -7.02. The van der Waals surface area contributed by atoms with Crippen molar-refractivity contribution in [3.05, 3.63) is 205 Å². The third-order valence-electron chi connectivity index (χ3n) is 17.9. The largest absolute Gasteiger partial charge is 0.507 e. The summed E-state index contributed by atoms with van der Waals surface area (Å²) >= 11 is 0. The molecule has 0 fully saturated rings. The maximum absolute atomic E-state index is 13.1. The number of aromatic hydroxyl groups is 1. The van der Waals surface area contributed by atoms with Crippen molar-refractivity contribution in [2.24, 2.45) is 0 Å². The molecule has 468 valence electrons. The van der Waals surface area contributed by atoms with E-state index in [2.05, 4.69) is 220 Å². The Kier molecular flexibility index (Phi) is 20.2. The molecule has 0 spiro atoms. The predicted molar refractivity (Wildman–Crippen MR) is 353 cm³/mol. The van der Waals surface area contributed by atoms with Gasteiger partial charge < -0.3 is 54.4 Å². The van der Waals surface area contributed by atoms with Crippen LogP contribution in [0, 0.1) is 0 Å². The number of ether oxygens (including phenoxy) is 6. The summed E-state index contributed by atoms with van der Waals surface area (Å²) in [7, 11) is 0. The number of quaternary nitrogens is 4. The smallest absolute Gasteiger partial charge is 0.128 e. The molecule has 0 unspecified atom stereocenters. The van der Waals surface area contributed by atoms with Crippen molar-refractivity contribution in [3.63, 3.8) is 0 Å². The highest BCUT2D eigenvalue weighted by molar-refractivity contribution is 5.60. The quantitative estimate of drug-likeness (QED) is 0.102. The molecule has 11 nitrogen and oxygen atoms in total. The predicted octanol–water partition coefficient (Wildman–Crippen LogP) is 9.73. The monoisotopic (exact) mass is 1190 g/mol. The number of phenolic OH excluding ortho intramolecular Hbond substituents is 1. The number of nitrogens with one attached hydrogen (secondary N) is 1. The lowest BCUT2D eigenvalue weighted by Gasteiger charge is -2.29. The minimum absolute atomic E-state index is 0.221. The summed E-state index contributed by atoms with van der Waals surface area (Å²) in [6.45, 7) is 38.0. The lowest BCUT2D eigenvalue weighted by atomic mass is 9.79. The van der Waals surface area contributed by atoms with Gasteiger partial charge in [0.05, 0.1) is 0 Å². The SMILES string of the molecule is CC(C)(C)c1cc2c(O)c(c1)Cc1cc(C(C)(C)C)cc3c1OCCOc1ccccc1C[NH2+]CC[NH+]1CC[NH2+]Cc4ccccc4OCCOc4c(cc(C(C)(C)C)cc4Cc4cc(C(C)(C)C)cc(c4OCCOc4ccccc4C[NH2+]CC1)C3)C2. The molecular weight excluding hydrogens is 1090 g/mol. The van der Waals surface area contributed by atoms with Crippen molar-refractivity contribution in [2.45, 2.75) is 150 Å². The second kappa shape index (κ2) is 27.8. The second-order valence-corrected chi connectivity index (χ2v) is 29.0. The Bertz CT molecular complexity index is 3350. The molecular formula is C77H102N4O7+4. The summed E-state index contributed by atoms with van der Waals surface area (Å²) < 4.78 is 42.2. The third-order valence-corrected chi connectivity index (χ3v) is 17.9. The van der Waals surface area contributed by atoms with Gasteiger partial charge in [-0.2, -0.15) is 0 Å². The molecule has 7 aromatic carbocycles. The molecule has 2 aliphatic heterocycles. The number of rotatable bonds is 0. The molecule has 0 amide bonds. The van der Waals surface area contributed by atoms with Gasteiger partial charge in [0.25, 0.3) is 0 Å². The minimum Gasteiger partial charge on any atom is -0.507 e. The first-order valence-electron chi connectivity index (χ1n) is 32.7. The molecule has 0 saturated heterocycles. The van der Waals surface area contributed by atoms with Gasteiger partial charge >= 0.3 is 0 Å². The van der Waals surface area contributed by atoms with Crippen LogP contribution < -0.4 is 49.3 Å². The molecule has 0 saturated carbocycles. The summed E-state index contributed by atoms with van der Waals surface area (Å²) in [4.78, 5) is 1.59. The van der Waals surface area contributed by atoms with E-state index in [-0.39, 0.29) is 21.7 Å². The van der Waals surface area contributed by atoms with E-state index in [1.807, 2.05) is 0 Å².